The highest BCUT2D eigenvalue weighted by Gasteiger charge is 2.71. The normalized spacial score (nSPS) is 48.8. The first kappa shape index (κ1) is 11.0. The van der Waals surface area contributed by atoms with E-state index in [9.17, 15) is 8.42 Å². The fourth-order valence-corrected chi connectivity index (χ4v) is 5.53. The van der Waals surface area contributed by atoms with E-state index in [2.05, 4.69) is 13.8 Å². The van der Waals surface area contributed by atoms with Gasteiger partial charge in [-0.3, -0.25) is 4.55 Å². The minimum Gasteiger partial charge on any atom is -0.369 e. The first-order chi connectivity index (χ1) is 7.26. The Bertz CT molecular complexity index is 427. The molecular weight excluding hydrogens is 228 g/mol. The van der Waals surface area contributed by atoms with Crippen molar-refractivity contribution in [1.82, 2.24) is 0 Å². The average Bonchev–Trinajstić information content (AvgIpc) is 2.80. The number of rotatable bonds is 2. The monoisotopic (exact) mass is 246 g/mol. The van der Waals surface area contributed by atoms with E-state index < -0.39 is 10.1 Å². The first-order valence-electron chi connectivity index (χ1n) is 5.87. The van der Waals surface area contributed by atoms with Crippen LogP contribution < -0.4 is 0 Å². The van der Waals surface area contributed by atoms with Gasteiger partial charge >= 0.3 is 0 Å². The molecule has 3 fully saturated rings. The fourth-order valence-electron chi connectivity index (χ4n) is 4.20. The Morgan fingerprint density at radius 1 is 1.44 bits per heavy atom. The molecule has 16 heavy (non-hydrogen) atoms. The highest BCUT2D eigenvalue weighted by molar-refractivity contribution is 7.85. The maximum absolute atomic E-state index is 11.2. The summed E-state index contributed by atoms with van der Waals surface area (Å²) < 4.78 is 37.3. The Kier molecular flexibility index (Phi) is 1.93. The molecule has 1 aliphatic heterocycles. The third kappa shape index (κ3) is 1.25. The lowest BCUT2D eigenvalue weighted by Crippen LogP contribution is -2.49. The molecule has 0 aromatic rings. The zero-order valence-electron chi connectivity index (χ0n) is 9.64. The summed E-state index contributed by atoms with van der Waals surface area (Å²) in [6, 6.07) is 0. The summed E-state index contributed by atoms with van der Waals surface area (Å²) in [4.78, 5) is 0. The molecule has 0 spiro atoms. The second-order valence-corrected chi connectivity index (χ2v) is 7.62. The topological polar surface area (TPSA) is 66.9 Å². The summed E-state index contributed by atoms with van der Waals surface area (Å²) >= 11 is 0. The number of epoxide rings is 1. The molecule has 0 amide bonds. The van der Waals surface area contributed by atoms with Gasteiger partial charge in [-0.25, -0.2) is 0 Å². The molecule has 2 unspecified atom stereocenters. The SMILES string of the molecule is CC1(C)[C@@H]2CC[C@@]1(CS(=O)(=O)O)C1OC1C2. The highest BCUT2D eigenvalue weighted by atomic mass is 32.2. The third-order valence-electron chi connectivity index (χ3n) is 5.33. The molecule has 1 saturated heterocycles. The Morgan fingerprint density at radius 3 is 2.75 bits per heavy atom. The quantitative estimate of drug-likeness (QED) is 0.592. The van der Waals surface area contributed by atoms with Gasteiger partial charge in [0.05, 0.1) is 18.0 Å². The van der Waals surface area contributed by atoms with Gasteiger partial charge in [0.15, 0.2) is 0 Å². The summed E-state index contributed by atoms with van der Waals surface area (Å²) in [5.74, 6) is 0.406. The smallest absolute Gasteiger partial charge is 0.265 e. The van der Waals surface area contributed by atoms with Crippen LogP contribution in [0.3, 0.4) is 0 Å². The molecule has 1 heterocycles. The van der Waals surface area contributed by atoms with Crippen molar-refractivity contribution >= 4 is 10.1 Å². The lowest BCUT2D eigenvalue weighted by molar-refractivity contribution is 0.0505. The molecule has 2 saturated carbocycles. The van der Waals surface area contributed by atoms with E-state index in [1.165, 1.54) is 0 Å². The molecule has 3 rings (SSSR count). The third-order valence-corrected chi connectivity index (χ3v) is 6.21. The fraction of sp³-hybridized carbons (Fsp3) is 1.00. The van der Waals surface area contributed by atoms with Crippen LogP contribution in [0.25, 0.3) is 0 Å². The van der Waals surface area contributed by atoms with Gasteiger partial charge in [0.25, 0.3) is 10.1 Å². The molecule has 0 radical (unpaired) electrons. The highest BCUT2D eigenvalue weighted by Crippen LogP contribution is 2.68. The Morgan fingerprint density at radius 2 is 2.12 bits per heavy atom. The molecule has 2 bridgehead atoms. The van der Waals surface area contributed by atoms with Gasteiger partial charge in [0, 0.05) is 5.41 Å². The van der Waals surface area contributed by atoms with Crippen LogP contribution in [0.1, 0.15) is 33.1 Å². The largest absolute Gasteiger partial charge is 0.369 e. The van der Waals surface area contributed by atoms with Crippen molar-refractivity contribution in [3.05, 3.63) is 0 Å². The molecule has 4 nitrogen and oxygen atoms in total. The Hall–Kier alpha value is -0.130. The van der Waals surface area contributed by atoms with Gasteiger partial charge < -0.3 is 4.74 Å². The van der Waals surface area contributed by atoms with Crippen LogP contribution >= 0.6 is 0 Å². The molecule has 3 aliphatic rings. The summed E-state index contributed by atoms with van der Waals surface area (Å²) in [5, 5.41) is 0. The van der Waals surface area contributed by atoms with E-state index in [-0.39, 0.29) is 28.8 Å². The lowest BCUT2D eigenvalue weighted by atomic mass is 9.59. The van der Waals surface area contributed by atoms with Crippen LogP contribution in [-0.4, -0.2) is 30.9 Å². The van der Waals surface area contributed by atoms with E-state index in [0.29, 0.717) is 5.92 Å². The molecule has 4 atom stereocenters. The van der Waals surface area contributed by atoms with Crippen LogP contribution in [0, 0.1) is 16.7 Å². The zero-order chi connectivity index (χ0) is 11.8. The van der Waals surface area contributed by atoms with Crippen molar-refractivity contribution in [3.8, 4) is 0 Å². The molecular formula is C11H18O4S. The van der Waals surface area contributed by atoms with E-state index >= 15 is 0 Å². The van der Waals surface area contributed by atoms with Crippen LogP contribution in [0.4, 0.5) is 0 Å². The number of hydrogen-bond donors (Lipinski definition) is 1. The summed E-state index contributed by atoms with van der Waals surface area (Å²) in [5.41, 5.74) is -0.394. The van der Waals surface area contributed by atoms with Crippen molar-refractivity contribution in [1.29, 1.82) is 0 Å². The number of hydrogen-bond acceptors (Lipinski definition) is 3. The minimum atomic E-state index is -3.92. The van der Waals surface area contributed by atoms with Crippen molar-refractivity contribution in [2.75, 3.05) is 5.75 Å². The molecule has 1 N–H and O–H groups in total. The standard InChI is InChI=1S/C11H18O4S/c1-10(2)7-3-4-11(10,6-16(12,13)14)9-8(5-7)15-9/h7-9H,3-6H2,1-2H3,(H,12,13,14)/t7-,8?,9?,11-/m1/s1. The zero-order valence-corrected chi connectivity index (χ0v) is 10.5. The average molecular weight is 246 g/mol. The molecule has 2 aliphatic carbocycles. The van der Waals surface area contributed by atoms with Crippen molar-refractivity contribution in [3.63, 3.8) is 0 Å². The van der Waals surface area contributed by atoms with Gasteiger partial charge in [-0.1, -0.05) is 13.8 Å². The Labute approximate surface area is 96.1 Å². The van der Waals surface area contributed by atoms with Crippen molar-refractivity contribution in [2.45, 2.75) is 45.3 Å². The van der Waals surface area contributed by atoms with E-state index in [1.54, 1.807) is 0 Å². The maximum Gasteiger partial charge on any atom is 0.265 e. The van der Waals surface area contributed by atoms with E-state index in [0.717, 1.165) is 19.3 Å². The lowest BCUT2D eigenvalue weighted by Gasteiger charge is -2.45. The van der Waals surface area contributed by atoms with Gasteiger partial charge in [-0.05, 0) is 30.6 Å². The van der Waals surface area contributed by atoms with Gasteiger partial charge in [-0.15, -0.1) is 0 Å². The van der Waals surface area contributed by atoms with Crippen LogP contribution in [0.2, 0.25) is 0 Å². The first-order valence-corrected chi connectivity index (χ1v) is 7.48. The molecule has 5 heteroatoms. The van der Waals surface area contributed by atoms with Crippen LogP contribution in [0.15, 0.2) is 0 Å². The minimum absolute atomic E-state index is 0.0412. The van der Waals surface area contributed by atoms with E-state index in [1.807, 2.05) is 0 Å². The van der Waals surface area contributed by atoms with Crippen LogP contribution in [-0.2, 0) is 14.9 Å². The summed E-state index contributed by atoms with van der Waals surface area (Å²) in [6.07, 6.45) is 3.31. The maximum atomic E-state index is 11.2. The van der Waals surface area contributed by atoms with Crippen molar-refractivity contribution < 1.29 is 17.7 Å². The van der Waals surface area contributed by atoms with Gasteiger partial charge in [0.2, 0.25) is 0 Å². The van der Waals surface area contributed by atoms with Gasteiger partial charge in [-0.2, -0.15) is 8.42 Å². The van der Waals surface area contributed by atoms with Gasteiger partial charge in [0.1, 0.15) is 0 Å². The number of ether oxygens (including phenoxy) is 1. The predicted molar refractivity (Wildman–Crippen MR) is 58.6 cm³/mol. The second kappa shape index (κ2) is 2.82. The second-order valence-electron chi connectivity index (χ2n) is 6.17. The number of fused-ring (bicyclic) bond motifs is 4. The van der Waals surface area contributed by atoms with Crippen molar-refractivity contribution in [2.24, 2.45) is 16.7 Å². The molecule has 0 aromatic heterocycles. The summed E-state index contributed by atoms with van der Waals surface area (Å²) in [6.45, 7) is 4.27. The molecule has 92 valence electrons. The summed E-state index contributed by atoms with van der Waals surface area (Å²) in [7, 11) is -3.92. The van der Waals surface area contributed by atoms with Crippen LogP contribution in [0.5, 0.6) is 0 Å². The Balaban J connectivity index is 2.03. The molecule has 0 aromatic carbocycles. The van der Waals surface area contributed by atoms with E-state index in [4.69, 9.17) is 9.29 Å². The predicted octanol–water partition coefficient (Wildman–Crippen LogP) is 1.47.